The molecular formula is C24H32N2O. The maximum absolute atomic E-state index is 8.96. The third kappa shape index (κ3) is 3.47. The van der Waals surface area contributed by atoms with Gasteiger partial charge in [-0.3, -0.25) is 0 Å². The third-order valence-electron chi connectivity index (χ3n) is 6.20. The molecule has 1 aliphatic rings. The lowest BCUT2D eigenvalue weighted by molar-refractivity contribution is 0.322. The molecule has 3 nitrogen and oxygen atoms in total. The smallest absolute Gasteiger partial charge is 0.0734 e. The molecule has 0 heterocycles. The van der Waals surface area contributed by atoms with Crippen LogP contribution < -0.4 is 4.90 Å². The van der Waals surface area contributed by atoms with Crippen molar-refractivity contribution in [3.8, 4) is 11.1 Å². The van der Waals surface area contributed by atoms with Crippen molar-refractivity contribution in [3.63, 3.8) is 0 Å². The van der Waals surface area contributed by atoms with E-state index in [2.05, 4.69) is 83.0 Å². The van der Waals surface area contributed by atoms with Crippen LogP contribution in [0.2, 0.25) is 0 Å². The summed E-state index contributed by atoms with van der Waals surface area (Å²) in [6, 6.07) is 11.0. The van der Waals surface area contributed by atoms with Gasteiger partial charge in [-0.25, -0.2) is 0 Å². The standard InChI is InChI=1S/C24H32N2O/c1-16-12-20-21(24(4,5)11-10-23(20,2)3)14-18(16)19-13-17(15-25-27)8-9-22(19)26(6)7/h8-9,12-15,27H,10-11H2,1-7H3. The molecule has 0 fully saturated rings. The van der Waals surface area contributed by atoms with Gasteiger partial charge in [0, 0.05) is 25.3 Å². The van der Waals surface area contributed by atoms with Crippen LogP contribution in [0.15, 0.2) is 35.5 Å². The summed E-state index contributed by atoms with van der Waals surface area (Å²) in [5.74, 6) is 0. The molecule has 0 spiro atoms. The van der Waals surface area contributed by atoms with Crippen LogP contribution in [0.1, 0.15) is 62.8 Å². The molecule has 0 saturated carbocycles. The van der Waals surface area contributed by atoms with Crippen molar-refractivity contribution in [1.29, 1.82) is 0 Å². The fraction of sp³-hybridized carbons (Fsp3) is 0.458. The second-order valence-corrected chi connectivity index (χ2v) is 9.40. The first-order chi connectivity index (χ1) is 12.6. The Balaban J connectivity index is 2.29. The lowest BCUT2D eigenvalue weighted by Crippen LogP contribution is -2.34. The molecule has 3 heteroatoms. The number of benzene rings is 2. The number of fused-ring (bicyclic) bond motifs is 1. The van der Waals surface area contributed by atoms with Gasteiger partial charge in [-0.2, -0.15) is 0 Å². The summed E-state index contributed by atoms with van der Waals surface area (Å²) in [6.07, 6.45) is 3.91. The maximum atomic E-state index is 8.96. The Morgan fingerprint density at radius 1 is 0.926 bits per heavy atom. The van der Waals surface area contributed by atoms with Crippen molar-refractivity contribution in [2.24, 2.45) is 5.16 Å². The molecule has 0 saturated heterocycles. The van der Waals surface area contributed by atoms with E-state index >= 15 is 0 Å². The normalized spacial score (nSPS) is 17.7. The molecule has 2 aromatic carbocycles. The fourth-order valence-electron chi connectivity index (χ4n) is 4.32. The van der Waals surface area contributed by atoms with Crippen molar-refractivity contribution >= 4 is 11.9 Å². The second-order valence-electron chi connectivity index (χ2n) is 9.40. The molecule has 0 unspecified atom stereocenters. The number of nitrogens with zero attached hydrogens (tertiary/aromatic N) is 2. The van der Waals surface area contributed by atoms with Crippen molar-refractivity contribution in [3.05, 3.63) is 52.6 Å². The molecular weight excluding hydrogens is 332 g/mol. The Morgan fingerprint density at radius 3 is 2.07 bits per heavy atom. The molecule has 0 aromatic heterocycles. The predicted octanol–water partition coefficient (Wildman–Crippen LogP) is 5.89. The zero-order valence-electron chi connectivity index (χ0n) is 17.7. The van der Waals surface area contributed by atoms with Crippen molar-refractivity contribution in [2.45, 2.75) is 58.3 Å². The molecule has 2 aromatic rings. The summed E-state index contributed by atoms with van der Waals surface area (Å²) in [6.45, 7) is 11.7. The van der Waals surface area contributed by atoms with Crippen LogP contribution in [-0.4, -0.2) is 25.5 Å². The summed E-state index contributed by atoms with van der Waals surface area (Å²) in [7, 11) is 4.14. The molecule has 1 N–H and O–H groups in total. The van der Waals surface area contributed by atoms with Gasteiger partial charge in [0.1, 0.15) is 0 Å². The number of oxime groups is 1. The Labute approximate surface area is 163 Å². The molecule has 0 atom stereocenters. The number of rotatable bonds is 3. The average molecular weight is 365 g/mol. The van der Waals surface area contributed by atoms with Gasteiger partial charge in [0.05, 0.1) is 6.21 Å². The summed E-state index contributed by atoms with van der Waals surface area (Å²) in [4.78, 5) is 2.14. The first kappa shape index (κ1) is 19.5. The number of aryl methyl sites for hydroxylation is 1. The van der Waals surface area contributed by atoms with E-state index < -0.39 is 0 Å². The van der Waals surface area contributed by atoms with Crippen LogP contribution in [0.5, 0.6) is 0 Å². The lowest BCUT2D eigenvalue weighted by atomic mass is 9.62. The van der Waals surface area contributed by atoms with Gasteiger partial charge < -0.3 is 10.1 Å². The summed E-state index contributed by atoms with van der Waals surface area (Å²) in [5, 5.41) is 12.2. The summed E-state index contributed by atoms with van der Waals surface area (Å²) in [5.41, 5.74) is 9.13. The molecule has 0 radical (unpaired) electrons. The minimum absolute atomic E-state index is 0.176. The van der Waals surface area contributed by atoms with Crippen LogP contribution in [0.25, 0.3) is 11.1 Å². The summed E-state index contributed by atoms with van der Waals surface area (Å²) < 4.78 is 0. The quantitative estimate of drug-likeness (QED) is 0.419. The Hall–Kier alpha value is -2.29. The number of hydrogen-bond donors (Lipinski definition) is 1. The molecule has 1 aliphatic carbocycles. The minimum Gasteiger partial charge on any atom is -0.411 e. The average Bonchev–Trinajstić information content (AvgIpc) is 2.59. The van der Waals surface area contributed by atoms with Gasteiger partial charge in [-0.1, -0.05) is 45.0 Å². The van der Waals surface area contributed by atoms with E-state index in [-0.39, 0.29) is 10.8 Å². The zero-order chi connectivity index (χ0) is 20.0. The van der Waals surface area contributed by atoms with Crippen molar-refractivity contribution < 1.29 is 5.21 Å². The van der Waals surface area contributed by atoms with E-state index in [4.69, 9.17) is 5.21 Å². The van der Waals surface area contributed by atoms with Gasteiger partial charge in [-0.05, 0) is 76.6 Å². The highest BCUT2D eigenvalue weighted by Gasteiger charge is 2.37. The summed E-state index contributed by atoms with van der Waals surface area (Å²) >= 11 is 0. The highest BCUT2D eigenvalue weighted by molar-refractivity contribution is 5.88. The predicted molar refractivity (Wildman–Crippen MR) is 116 cm³/mol. The maximum Gasteiger partial charge on any atom is 0.0734 e. The van der Waals surface area contributed by atoms with E-state index in [0.717, 1.165) is 5.56 Å². The number of anilines is 1. The van der Waals surface area contributed by atoms with E-state index in [9.17, 15) is 0 Å². The Morgan fingerprint density at radius 2 is 1.52 bits per heavy atom. The first-order valence-corrected chi connectivity index (χ1v) is 9.71. The topological polar surface area (TPSA) is 35.8 Å². The SMILES string of the molecule is Cc1cc2c(cc1-c1cc(C=NO)ccc1N(C)C)C(C)(C)CCC2(C)C. The van der Waals surface area contributed by atoms with Crippen molar-refractivity contribution in [2.75, 3.05) is 19.0 Å². The monoisotopic (exact) mass is 364 g/mol. The van der Waals surface area contributed by atoms with Gasteiger partial charge >= 0.3 is 0 Å². The molecule has 0 bridgehead atoms. The van der Waals surface area contributed by atoms with Crippen molar-refractivity contribution in [1.82, 2.24) is 0 Å². The van der Waals surface area contributed by atoms with Gasteiger partial charge in [0.25, 0.3) is 0 Å². The van der Waals surface area contributed by atoms with Crippen LogP contribution in [0, 0.1) is 6.92 Å². The highest BCUT2D eigenvalue weighted by atomic mass is 16.4. The van der Waals surface area contributed by atoms with E-state index in [1.54, 1.807) is 0 Å². The van der Waals surface area contributed by atoms with E-state index in [0.29, 0.717) is 0 Å². The third-order valence-corrected chi connectivity index (χ3v) is 6.20. The lowest BCUT2D eigenvalue weighted by Gasteiger charge is -2.42. The van der Waals surface area contributed by atoms with Crippen LogP contribution >= 0.6 is 0 Å². The molecule has 144 valence electrons. The van der Waals surface area contributed by atoms with E-state index in [1.165, 1.54) is 52.6 Å². The molecule has 0 amide bonds. The molecule has 3 rings (SSSR count). The Kier molecular flexibility index (Phi) is 4.83. The highest BCUT2D eigenvalue weighted by Crippen LogP contribution is 2.48. The van der Waals surface area contributed by atoms with Crippen LogP contribution in [-0.2, 0) is 10.8 Å². The zero-order valence-corrected chi connectivity index (χ0v) is 17.7. The van der Waals surface area contributed by atoms with Gasteiger partial charge in [-0.15, -0.1) is 0 Å². The van der Waals surface area contributed by atoms with Crippen LogP contribution in [0.4, 0.5) is 5.69 Å². The van der Waals surface area contributed by atoms with Gasteiger partial charge in [0.2, 0.25) is 0 Å². The fourth-order valence-corrected chi connectivity index (χ4v) is 4.32. The van der Waals surface area contributed by atoms with Gasteiger partial charge in [0.15, 0.2) is 0 Å². The molecule has 27 heavy (non-hydrogen) atoms. The second kappa shape index (κ2) is 6.70. The van der Waals surface area contributed by atoms with E-state index in [1.807, 2.05) is 6.07 Å². The Bertz CT molecular complexity index is 891. The largest absolute Gasteiger partial charge is 0.411 e. The minimum atomic E-state index is 0.176. The molecule has 0 aliphatic heterocycles. The first-order valence-electron chi connectivity index (χ1n) is 9.71. The van der Waals surface area contributed by atoms with Crippen LogP contribution in [0.3, 0.4) is 0 Å². The number of hydrogen-bond acceptors (Lipinski definition) is 3.